The molecule has 0 saturated carbocycles. The van der Waals surface area contributed by atoms with E-state index >= 15 is 0 Å². The Morgan fingerprint density at radius 3 is 2.80 bits per heavy atom. The van der Waals surface area contributed by atoms with Crippen LogP contribution >= 0.6 is 11.8 Å². The minimum Gasteiger partial charge on any atom is -0.316 e. The molecule has 0 spiro atoms. The van der Waals surface area contributed by atoms with E-state index < -0.39 is 11.6 Å². The molecule has 0 aliphatic carbocycles. The van der Waals surface area contributed by atoms with E-state index in [0.717, 1.165) is 24.9 Å². The van der Waals surface area contributed by atoms with Crippen LogP contribution in [0.3, 0.4) is 0 Å². The first-order chi connectivity index (χ1) is 7.27. The zero-order valence-corrected chi connectivity index (χ0v) is 9.12. The van der Waals surface area contributed by atoms with Crippen molar-refractivity contribution in [2.24, 2.45) is 5.92 Å². The van der Waals surface area contributed by atoms with Crippen molar-refractivity contribution >= 4 is 11.8 Å². The molecule has 1 aromatic rings. The van der Waals surface area contributed by atoms with Crippen molar-refractivity contribution in [3.63, 3.8) is 0 Å². The van der Waals surface area contributed by atoms with Gasteiger partial charge in [-0.05, 0) is 30.8 Å². The minimum absolute atomic E-state index is 0.465. The Morgan fingerprint density at radius 2 is 2.13 bits per heavy atom. The molecular weight excluding hydrogens is 216 g/mol. The number of nitrogens with one attached hydrogen (secondary N) is 1. The highest BCUT2D eigenvalue weighted by molar-refractivity contribution is 7.98. The third-order valence-electron chi connectivity index (χ3n) is 2.51. The standard InChI is InChI=1S/C11H13F2NS/c12-10-3-1-2-9(11(10)13)7-15-6-8-4-14-5-8/h1-3,8,14H,4-7H2. The zero-order valence-electron chi connectivity index (χ0n) is 8.30. The van der Waals surface area contributed by atoms with Crippen LogP contribution in [-0.2, 0) is 5.75 Å². The second kappa shape index (κ2) is 4.94. The van der Waals surface area contributed by atoms with Crippen molar-refractivity contribution in [3.05, 3.63) is 35.4 Å². The van der Waals surface area contributed by atoms with Gasteiger partial charge in [0.05, 0.1) is 0 Å². The summed E-state index contributed by atoms with van der Waals surface area (Å²) in [6.45, 7) is 2.11. The molecule has 0 aromatic heterocycles. The quantitative estimate of drug-likeness (QED) is 0.851. The Balaban J connectivity index is 1.84. The van der Waals surface area contributed by atoms with Gasteiger partial charge in [-0.25, -0.2) is 8.78 Å². The molecule has 1 nitrogen and oxygen atoms in total. The van der Waals surface area contributed by atoms with Gasteiger partial charge in [0.25, 0.3) is 0 Å². The largest absolute Gasteiger partial charge is 0.316 e. The first kappa shape index (κ1) is 10.9. The van der Waals surface area contributed by atoms with Gasteiger partial charge in [-0.1, -0.05) is 12.1 Å². The third kappa shape index (κ3) is 2.69. The molecule has 1 aliphatic heterocycles. The Labute approximate surface area is 92.3 Å². The number of benzene rings is 1. The van der Waals surface area contributed by atoms with Crippen LogP contribution in [0.5, 0.6) is 0 Å². The average molecular weight is 229 g/mol. The van der Waals surface area contributed by atoms with Gasteiger partial charge >= 0.3 is 0 Å². The summed E-state index contributed by atoms with van der Waals surface area (Å²) in [5.41, 5.74) is 0.465. The maximum atomic E-state index is 13.2. The molecule has 15 heavy (non-hydrogen) atoms. The number of hydrogen-bond donors (Lipinski definition) is 1. The van der Waals surface area contributed by atoms with Gasteiger partial charge in [0.2, 0.25) is 0 Å². The van der Waals surface area contributed by atoms with Gasteiger partial charge in [-0.15, -0.1) is 0 Å². The molecule has 0 unspecified atom stereocenters. The molecule has 1 fully saturated rings. The Morgan fingerprint density at radius 1 is 1.33 bits per heavy atom. The monoisotopic (exact) mass is 229 g/mol. The van der Waals surface area contributed by atoms with Crippen LogP contribution < -0.4 is 5.32 Å². The lowest BCUT2D eigenvalue weighted by atomic mass is 10.1. The summed E-state index contributed by atoms with van der Waals surface area (Å²) in [5, 5.41) is 3.18. The molecule has 1 aliphatic rings. The van der Waals surface area contributed by atoms with Crippen molar-refractivity contribution in [2.75, 3.05) is 18.8 Å². The molecule has 1 N–H and O–H groups in total. The SMILES string of the molecule is Fc1cccc(CSCC2CNC2)c1F. The molecule has 1 heterocycles. The summed E-state index contributed by atoms with van der Waals surface area (Å²) < 4.78 is 26.1. The molecule has 0 amide bonds. The summed E-state index contributed by atoms with van der Waals surface area (Å²) >= 11 is 1.67. The molecular formula is C11H13F2NS. The van der Waals surface area contributed by atoms with Crippen LogP contribution in [0.15, 0.2) is 18.2 Å². The van der Waals surface area contributed by atoms with Crippen molar-refractivity contribution in [2.45, 2.75) is 5.75 Å². The highest BCUT2D eigenvalue weighted by Gasteiger charge is 2.16. The van der Waals surface area contributed by atoms with Gasteiger partial charge in [0.15, 0.2) is 11.6 Å². The first-order valence-corrected chi connectivity index (χ1v) is 6.14. The topological polar surface area (TPSA) is 12.0 Å². The van der Waals surface area contributed by atoms with E-state index in [-0.39, 0.29) is 0 Å². The second-order valence-corrected chi connectivity index (χ2v) is 4.78. The van der Waals surface area contributed by atoms with Crippen molar-refractivity contribution in [1.29, 1.82) is 0 Å². The number of thioether (sulfide) groups is 1. The van der Waals surface area contributed by atoms with Crippen LogP contribution in [-0.4, -0.2) is 18.8 Å². The van der Waals surface area contributed by atoms with Crippen molar-refractivity contribution in [1.82, 2.24) is 5.32 Å². The Kier molecular flexibility index (Phi) is 3.59. The van der Waals surface area contributed by atoms with Gasteiger partial charge in [0.1, 0.15) is 0 Å². The highest BCUT2D eigenvalue weighted by atomic mass is 32.2. The number of halogens is 2. The average Bonchev–Trinajstić information content (AvgIpc) is 2.16. The molecule has 0 bridgehead atoms. The predicted octanol–water partition coefficient (Wildman–Crippen LogP) is 2.42. The lowest BCUT2D eigenvalue weighted by Crippen LogP contribution is -2.43. The molecule has 82 valence electrons. The summed E-state index contributed by atoms with van der Waals surface area (Å²) in [4.78, 5) is 0. The fourth-order valence-electron chi connectivity index (χ4n) is 1.46. The van der Waals surface area contributed by atoms with Crippen LogP contribution in [0.4, 0.5) is 8.78 Å². The Bertz CT molecular complexity index is 339. The summed E-state index contributed by atoms with van der Waals surface area (Å²) in [7, 11) is 0. The zero-order chi connectivity index (χ0) is 10.7. The maximum Gasteiger partial charge on any atom is 0.162 e. The van der Waals surface area contributed by atoms with E-state index in [1.54, 1.807) is 23.9 Å². The Hall–Kier alpha value is -0.610. The van der Waals surface area contributed by atoms with E-state index in [2.05, 4.69) is 5.32 Å². The molecule has 4 heteroatoms. The van der Waals surface area contributed by atoms with Gasteiger partial charge in [0, 0.05) is 11.3 Å². The third-order valence-corrected chi connectivity index (χ3v) is 3.73. The van der Waals surface area contributed by atoms with Gasteiger partial charge in [-0.3, -0.25) is 0 Å². The van der Waals surface area contributed by atoms with Gasteiger partial charge in [-0.2, -0.15) is 11.8 Å². The fraction of sp³-hybridized carbons (Fsp3) is 0.455. The number of hydrogen-bond acceptors (Lipinski definition) is 2. The van der Waals surface area contributed by atoms with E-state index in [1.807, 2.05) is 0 Å². The summed E-state index contributed by atoms with van der Waals surface area (Å²) in [6, 6.07) is 4.35. The first-order valence-electron chi connectivity index (χ1n) is 4.98. The molecule has 1 aromatic carbocycles. The smallest absolute Gasteiger partial charge is 0.162 e. The summed E-state index contributed by atoms with van der Waals surface area (Å²) in [6.07, 6.45) is 0. The lowest BCUT2D eigenvalue weighted by Gasteiger charge is -2.26. The molecule has 2 rings (SSSR count). The van der Waals surface area contributed by atoms with E-state index in [4.69, 9.17) is 0 Å². The van der Waals surface area contributed by atoms with E-state index in [9.17, 15) is 8.78 Å². The highest BCUT2D eigenvalue weighted by Crippen LogP contribution is 2.20. The van der Waals surface area contributed by atoms with Crippen LogP contribution in [0.25, 0.3) is 0 Å². The fourth-order valence-corrected chi connectivity index (χ4v) is 2.59. The van der Waals surface area contributed by atoms with E-state index in [0.29, 0.717) is 17.2 Å². The molecule has 0 radical (unpaired) electrons. The predicted molar refractivity (Wildman–Crippen MR) is 58.9 cm³/mol. The van der Waals surface area contributed by atoms with Crippen molar-refractivity contribution in [3.8, 4) is 0 Å². The lowest BCUT2D eigenvalue weighted by molar-refractivity contribution is 0.385. The van der Waals surface area contributed by atoms with Gasteiger partial charge < -0.3 is 5.32 Å². The van der Waals surface area contributed by atoms with Crippen LogP contribution in [0.2, 0.25) is 0 Å². The van der Waals surface area contributed by atoms with Crippen molar-refractivity contribution < 1.29 is 8.78 Å². The second-order valence-electron chi connectivity index (χ2n) is 3.75. The summed E-state index contributed by atoms with van der Waals surface area (Å²) in [5.74, 6) is 0.824. The molecule has 1 saturated heterocycles. The number of rotatable bonds is 4. The normalized spacial score (nSPS) is 16.4. The maximum absolute atomic E-state index is 13.2. The van der Waals surface area contributed by atoms with Crippen LogP contribution in [0, 0.1) is 17.6 Å². The van der Waals surface area contributed by atoms with Crippen LogP contribution in [0.1, 0.15) is 5.56 Å². The molecule has 0 atom stereocenters. The minimum atomic E-state index is -0.751. The van der Waals surface area contributed by atoms with E-state index in [1.165, 1.54) is 0 Å².